The van der Waals surface area contributed by atoms with Gasteiger partial charge in [0.1, 0.15) is 17.4 Å². The molecule has 5 heterocycles. The van der Waals surface area contributed by atoms with Crippen molar-refractivity contribution >= 4 is 16.9 Å². The fourth-order valence-electron chi connectivity index (χ4n) is 4.40. The lowest BCUT2D eigenvalue weighted by Gasteiger charge is -2.17. The van der Waals surface area contributed by atoms with Crippen molar-refractivity contribution in [1.29, 1.82) is 5.26 Å². The number of methoxy groups -OCH3 is 1. The quantitative estimate of drug-likeness (QED) is 0.464. The van der Waals surface area contributed by atoms with E-state index in [1.165, 1.54) is 35.3 Å². The van der Waals surface area contributed by atoms with Gasteiger partial charge in [-0.2, -0.15) is 28.6 Å². The highest BCUT2D eigenvalue weighted by Gasteiger charge is 2.38. The summed E-state index contributed by atoms with van der Waals surface area (Å²) in [6.45, 7) is 0.685. The number of nitriles is 1. The fourth-order valence-corrected chi connectivity index (χ4v) is 4.40. The van der Waals surface area contributed by atoms with E-state index in [1.807, 2.05) is 0 Å². The van der Waals surface area contributed by atoms with Crippen molar-refractivity contribution < 1.29 is 22.7 Å². The second-order valence-corrected chi connectivity index (χ2v) is 8.47. The van der Waals surface area contributed by atoms with Crippen LogP contribution in [-0.2, 0) is 35.3 Å². The number of carbonyl (C=O) groups is 1. The summed E-state index contributed by atoms with van der Waals surface area (Å²) in [7, 11) is 3.12. The van der Waals surface area contributed by atoms with Gasteiger partial charge in [0.25, 0.3) is 0 Å². The second kappa shape index (κ2) is 8.80. The lowest BCUT2D eigenvalue weighted by Crippen LogP contribution is -2.27. The number of alkyl halides is 3. The van der Waals surface area contributed by atoms with E-state index in [0.717, 1.165) is 4.68 Å². The zero-order chi connectivity index (χ0) is 25.6. The van der Waals surface area contributed by atoms with Crippen LogP contribution in [0, 0.1) is 11.3 Å². The minimum Gasteiger partial charge on any atom is -0.383 e. The molecule has 4 aromatic heterocycles. The number of rotatable bonds is 3. The molecular formula is C23H21F3N8O2. The van der Waals surface area contributed by atoms with Gasteiger partial charge in [-0.15, -0.1) is 0 Å². The normalized spacial score (nSPS) is 14.2. The van der Waals surface area contributed by atoms with Crippen LogP contribution in [0.3, 0.4) is 0 Å². The van der Waals surface area contributed by atoms with Gasteiger partial charge in [-0.05, 0) is 6.07 Å². The van der Waals surface area contributed by atoms with Gasteiger partial charge in [0, 0.05) is 73.4 Å². The molecule has 10 nitrogen and oxygen atoms in total. The van der Waals surface area contributed by atoms with E-state index >= 15 is 0 Å². The van der Waals surface area contributed by atoms with Crippen molar-refractivity contribution in [2.24, 2.45) is 0 Å². The Hall–Kier alpha value is -4.18. The second-order valence-electron chi connectivity index (χ2n) is 8.47. The molecule has 1 N–H and O–H groups in total. The van der Waals surface area contributed by atoms with Gasteiger partial charge in [0.15, 0.2) is 5.69 Å². The molecule has 0 fully saturated rings. The summed E-state index contributed by atoms with van der Waals surface area (Å²) in [4.78, 5) is 21.6. The number of fused-ring (bicyclic) bond motifs is 6. The number of aromatic amines is 1. The summed E-state index contributed by atoms with van der Waals surface area (Å²) < 4.78 is 49.5. The minimum absolute atomic E-state index is 0.0311. The average Bonchev–Trinajstić information content (AvgIpc) is 3.54. The van der Waals surface area contributed by atoms with Crippen LogP contribution in [0.5, 0.6) is 0 Å². The van der Waals surface area contributed by atoms with Crippen LogP contribution in [0.15, 0.2) is 24.7 Å². The Morgan fingerprint density at radius 2 is 2.08 bits per heavy atom. The number of aromatic nitrogens is 6. The summed E-state index contributed by atoms with van der Waals surface area (Å²) in [5, 5.41) is 18.8. The zero-order valence-corrected chi connectivity index (χ0v) is 19.4. The highest BCUT2D eigenvalue weighted by molar-refractivity contribution is 5.96. The van der Waals surface area contributed by atoms with Crippen molar-refractivity contribution in [3.8, 4) is 28.3 Å². The van der Waals surface area contributed by atoms with Crippen LogP contribution in [0.4, 0.5) is 13.2 Å². The van der Waals surface area contributed by atoms with Crippen molar-refractivity contribution in [2.45, 2.75) is 32.2 Å². The maximum atomic E-state index is 13.9. The minimum atomic E-state index is -4.70. The monoisotopic (exact) mass is 498 g/mol. The average molecular weight is 498 g/mol. The molecule has 0 spiro atoms. The summed E-state index contributed by atoms with van der Waals surface area (Å²) in [5.41, 5.74) is 1.18. The van der Waals surface area contributed by atoms with Gasteiger partial charge < -0.3 is 14.6 Å². The Labute approximate surface area is 202 Å². The first-order valence-corrected chi connectivity index (χ1v) is 11.1. The molecule has 36 heavy (non-hydrogen) atoms. The van der Waals surface area contributed by atoms with E-state index in [1.54, 1.807) is 13.1 Å². The molecule has 0 aromatic carbocycles. The molecule has 1 aliphatic heterocycles. The Kier molecular flexibility index (Phi) is 5.76. The van der Waals surface area contributed by atoms with Gasteiger partial charge in [0.2, 0.25) is 5.91 Å². The van der Waals surface area contributed by atoms with Gasteiger partial charge in [-0.25, -0.2) is 4.98 Å². The van der Waals surface area contributed by atoms with Gasteiger partial charge in [0.05, 0.1) is 25.4 Å². The molecule has 4 bridgehead atoms. The van der Waals surface area contributed by atoms with Crippen LogP contribution in [0.25, 0.3) is 33.3 Å². The number of amides is 1. The highest BCUT2D eigenvalue weighted by atomic mass is 19.4. The number of H-pyrrole nitrogens is 1. The third kappa shape index (κ3) is 3.99. The molecule has 186 valence electrons. The molecular weight excluding hydrogens is 477 g/mol. The Morgan fingerprint density at radius 3 is 2.81 bits per heavy atom. The first kappa shape index (κ1) is 23.6. The van der Waals surface area contributed by atoms with E-state index in [4.69, 9.17) is 4.74 Å². The van der Waals surface area contributed by atoms with E-state index in [9.17, 15) is 23.2 Å². The molecule has 0 aliphatic carbocycles. The van der Waals surface area contributed by atoms with Crippen LogP contribution in [0.2, 0.25) is 0 Å². The lowest BCUT2D eigenvalue weighted by molar-refractivity contribution is -0.141. The van der Waals surface area contributed by atoms with E-state index < -0.39 is 11.9 Å². The lowest BCUT2D eigenvalue weighted by atomic mass is 10.0. The number of hydrogen-bond acceptors (Lipinski definition) is 6. The van der Waals surface area contributed by atoms with E-state index in [-0.39, 0.29) is 42.2 Å². The van der Waals surface area contributed by atoms with Gasteiger partial charge in [-0.1, -0.05) is 0 Å². The number of carbonyl (C=O) groups excluding carboxylic acids is 1. The van der Waals surface area contributed by atoms with Gasteiger partial charge in [-0.3, -0.25) is 14.2 Å². The summed E-state index contributed by atoms with van der Waals surface area (Å²) in [5.74, 6) is -0.301. The third-order valence-corrected chi connectivity index (χ3v) is 6.15. The maximum absolute atomic E-state index is 13.9. The summed E-state index contributed by atoms with van der Waals surface area (Å²) in [6, 6.07) is 3.86. The number of nitrogens with one attached hydrogen (secondary N) is 1. The molecule has 0 unspecified atom stereocenters. The molecule has 13 heteroatoms. The van der Waals surface area contributed by atoms with E-state index in [0.29, 0.717) is 41.0 Å². The molecule has 0 saturated heterocycles. The van der Waals surface area contributed by atoms with Crippen LogP contribution < -0.4 is 0 Å². The number of nitrogens with zero attached hydrogens (tertiary/aromatic N) is 7. The molecule has 1 aliphatic rings. The molecule has 0 saturated carbocycles. The van der Waals surface area contributed by atoms with Crippen LogP contribution >= 0.6 is 0 Å². The fraction of sp³-hybridized carbons (Fsp3) is 0.348. The molecule has 4 aromatic rings. The number of ether oxygens (including phenoxy) is 1. The molecule has 5 rings (SSSR count). The Bertz CT molecular complexity index is 1510. The predicted octanol–water partition coefficient (Wildman–Crippen LogP) is 3.19. The number of pyridine rings is 1. The number of hydrogen-bond donors (Lipinski definition) is 1. The van der Waals surface area contributed by atoms with Crippen molar-refractivity contribution in [3.63, 3.8) is 0 Å². The van der Waals surface area contributed by atoms with Gasteiger partial charge >= 0.3 is 6.18 Å². The van der Waals surface area contributed by atoms with Crippen LogP contribution in [0.1, 0.15) is 23.5 Å². The largest absolute Gasteiger partial charge is 0.435 e. The third-order valence-electron chi connectivity index (χ3n) is 6.15. The Morgan fingerprint density at radius 1 is 1.28 bits per heavy atom. The first-order valence-electron chi connectivity index (χ1n) is 11.1. The summed E-state index contributed by atoms with van der Waals surface area (Å²) in [6.07, 6.45) is -0.474. The number of aryl methyl sites for hydroxylation is 1. The number of halogens is 3. The standard InChI is InChI=1S/C23H21F3N8O2/c1-32-12-17-20(18(8-27)34(30-17)5-6-36-2)13-7-14-15(10-29-22(14)28-9-13)16-11-33(4-3-19(32)35)31-21(16)23(24,25)26/h7,9-11H,3-6,12H2,1-2H3,(H,28,29). The summed E-state index contributed by atoms with van der Waals surface area (Å²) >= 11 is 0. The van der Waals surface area contributed by atoms with Crippen molar-refractivity contribution in [3.05, 3.63) is 41.7 Å². The SMILES string of the molecule is COCCn1nc2c(c1C#N)-c1cnc3[nH]cc(c3c1)-c1cn(nc1C(F)(F)F)CCC(=O)N(C)C2. The highest BCUT2D eigenvalue weighted by Crippen LogP contribution is 2.40. The van der Waals surface area contributed by atoms with Crippen LogP contribution in [-0.4, -0.2) is 61.1 Å². The predicted molar refractivity (Wildman–Crippen MR) is 121 cm³/mol. The smallest absolute Gasteiger partial charge is 0.383 e. The van der Waals surface area contributed by atoms with E-state index in [2.05, 4.69) is 26.2 Å². The molecule has 1 amide bonds. The molecule has 0 atom stereocenters. The maximum Gasteiger partial charge on any atom is 0.435 e. The van der Waals surface area contributed by atoms with Crippen molar-refractivity contribution in [1.82, 2.24) is 34.4 Å². The van der Waals surface area contributed by atoms with Crippen molar-refractivity contribution in [2.75, 3.05) is 20.8 Å². The zero-order valence-electron chi connectivity index (χ0n) is 19.4. The molecule has 0 radical (unpaired) electrons. The first-order chi connectivity index (χ1) is 17.2. The Balaban J connectivity index is 1.79. The topological polar surface area (TPSA) is 118 Å².